The highest BCUT2D eigenvalue weighted by molar-refractivity contribution is 14.1. The number of rotatable bonds is 1. The lowest BCUT2D eigenvalue weighted by atomic mass is 10.1. The van der Waals surface area contributed by atoms with Crippen LogP contribution >= 0.6 is 22.6 Å². The summed E-state index contributed by atoms with van der Waals surface area (Å²) in [6.45, 7) is 0. The van der Waals surface area contributed by atoms with Crippen LogP contribution in [-0.4, -0.2) is 4.43 Å². The van der Waals surface area contributed by atoms with Crippen LogP contribution in [0.5, 0.6) is 0 Å². The van der Waals surface area contributed by atoms with Crippen LogP contribution in [0.1, 0.15) is 25.7 Å². The van der Waals surface area contributed by atoms with Gasteiger partial charge in [-0.1, -0.05) is 29.0 Å². The number of alkyl halides is 1. The van der Waals surface area contributed by atoms with Crippen LogP contribution in [0.25, 0.3) is 0 Å². The Labute approximate surface area is 75.9 Å². The van der Waals surface area contributed by atoms with Crippen molar-refractivity contribution in [3.05, 3.63) is 0 Å². The average molecular weight is 248 g/mol. The molecule has 0 radical (unpaired) electrons. The first-order chi connectivity index (χ1) is 4.89. The van der Waals surface area contributed by atoms with Crippen LogP contribution in [0.15, 0.2) is 0 Å². The number of hydrogen-bond donors (Lipinski definition) is 0. The minimum atomic E-state index is 0.972. The van der Waals surface area contributed by atoms with Gasteiger partial charge in [0.25, 0.3) is 0 Å². The molecule has 0 aromatic heterocycles. The van der Waals surface area contributed by atoms with Crippen LogP contribution in [0.2, 0.25) is 0 Å². The molecule has 0 amide bonds. The second-order valence-corrected chi connectivity index (χ2v) is 5.19. The van der Waals surface area contributed by atoms with Gasteiger partial charge in [0.15, 0.2) is 0 Å². The van der Waals surface area contributed by atoms with Crippen molar-refractivity contribution in [1.29, 1.82) is 0 Å². The Balaban J connectivity index is 1.78. The van der Waals surface area contributed by atoms with Gasteiger partial charge in [0.05, 0.1) is 0 Å². The molecule has 1 heteroatoms. The van der Waals surface area contributed by atoms with Gasteiger partial charge in [-0.2, -0.15) is 0 Å². The maximum absolute atomic E-state index is 2.57. The minimum absolute atomic E-state index is 0.972. The molecule has 0 nitrogen and oxygen atoms in total. The molecule has 3 unspecified atom stereocenters. The molecule has 3 aliphatic rings. The fourth-order valence-electron chi connectivity index (χ4n) is 3.60. The molecule has 3 saturated carbocycles. The first kappa shape index (κ1) is 6.27. The van der Waals surface area contributed by atoms with Gasteiger partial charge in [0, 0.05) is 4.43 Å². The van der Waals surface area contributed by atoms with Crippen molar-refractivity contribution in [2.24, 2.45) is 23.2 Å². The van der Waals surface area contributed by atoms with Crippen molar-refractivity contribution in [2.75, 3.05) is 4.43 Å². The summed E-state index contributed by atoms with van der Waals surface area (Å²) in [5.74, 6) is 3.59. The van der Waals surface area contributed by atoms with Crippen LogP contribution < -0.4 is 0 Å². The summed E-state index contributed by atoms with van der Waals surface area (Å²) in [5, 5.41) is 0. The zero-order chi connectivity index (χ0) is 6.77. The molecule has 3 aliphatic carbocycles. The molecule has 3 fully saturated rings. The second-order valence-electron chi connectivity index (χ2n) is 4.31. The third-order valence-corrected chi connectivity index (χ3v) is 5.24. The fraction of sp³-hybridized carbons (Fsp3) is 1.00. The molecule has 0 aromatic rings. The predicted octanol–water partition coefficient (Wildman–Crippen LogP) is 2.86. The Hall–Kier alpha value is 0.730. The standard InChI is InChI=1S/C9H13I/c10-5-6-4-9(6)7-2-1-3-8(7)9/h6-8H,1-5H2/t6?,7-,8?,9?/m1/s1. The number of hydrogen-bond acceptors (Lipinski definition) is 0. The lowest BCUT2D eigenvalue weighted by Gasteiger charge is -1.97. The molecule has 4 atom stereocenters. The van der Waals surface area contributed by atoms with Crippen molar-refractivity contribution >= 4 is 22.6 Å². The van der Waals surface area contributed by atoms with Crippen molar-refractivity contribution in [1.82, 2.24) is 0 Å². The second kappa shape index (κ2) is 1.73. The monoisotopic (exact) mass is 248 g/mol. The average Bonchev–Trinajstić information content (AvgIpc) is 2.73. The van der Waals surface area contributed by atoms with E-state index in [4.69, 9.17) is 0 Å². The van der Waals surface area contributed by atoms with E-state index >= 15 is 0 Å². The van der Waals surface area contributed by atoms with Crippen LogP contribution in [0.4, 0.5) is 0 Å². The first-order valence-corrected chi connectivity index (χ1v) is 5.98. The van der Waals surface area contributed by atoms with Crippen LogP contribution in [0, 0.1) is 23.2 Å². The minimum Gasteiger partial charge on any atom is -0.0861 e. The quantitative estimate of drug-likeness (QED) is 0.494. The third-order valence-electron chi connectivity index (χ3n) is 4.17. The van der Waals surface area contributed by atoms with E-state index < -0.39 is 0 Å². The highest BCUT2D eigenvalue weighted by atomic mass is 127. The van der Waals surface area contributed by atoms with E-state index in [-0.39, 0.29) is 0 Å². The van der Waals surface area contributed by atoms with Gasteiger partial charge in [0.2, 0.25) is 0 Å². The summed E-state index contributed by atoms with van der Waals surface area (Å²) < 4.78 is 1.44. The van der Waals surface area contributed by atoms with E-state index in [0.29, 0.717) is 0 Å². The zero-order valence-corrected chi connectivity index (χ0v) is 8.30. The lowest BCUT2D eigenvalue weighted by molar-refractivity contribution is 0.551. The molecule has 0 bridgehead atoms. The smallest absolute Gasteiger partial charge is 0.00294 e. The largest absolute Gasteiger partial charge is 0.0861 e. The number of halogens is 1. The maximum Gasteiger partial charge on any atom is 0.00294 e. The molecule has 56 valence electrons. The van der Waals surface area contributed by atoms with Gasteiger partial charge in [-0.3, -0.25) is 0 Å². The Bertz CT molecular complexity index is 166. The Morgan fingerprint density at radius 2 is 2.00 bits per heavy atom. The Morgan fingerprint density at radius 3 is 2.50 bits per heavy atom. The predicted molar refractivity (Wildman–Crippen MR) is 50.3 cm³/mol. The van der Waals surface area contributed by atoms with E-state index in [9.17, 15) is 0 Å². The van der Waals surface area contributed by atoms with E-state index in [1.165, 1.54) is 16.3 Å². The fourth-order valence-corrected chi connectivity index (χ4v) is 4.73. The summed E-state index contributed by atoms with van der Waals surface area (Å²) in [6.07, 6.45) is 6.31. The molecular formula is C9H13I. The topological polar surface area (TPSA) is 0 Å². The third kappa shape index (κ3) is 0.518. The summed E-state index contributed by atoms with van der Waals surface area (Å²) in [6, 6.07) is 0. The molecule has 0 saturated heterocycles. The van der Waals surface area contributed by atoms with Gasteiger partial charge in [-0.25, -0.2) is 0 Å². The molecule has 0 aliphatic heterocycles. The molecule has 0 heterocycles. The van der Waals surface area contributed by atoms with Gasteiger partial charge in [0.1, 0.15) is 0 Å². The highest BCUT2D eigenvalue weighted by Crippen LogP contribution is 2.83. The SMILES string of the molecule is ICC1CC12C1CCC[C@H]12. The van der Waals surface area contributed by atoms with Gasteiger partial charge < -0.3 is 0 Å². The summed E-state index contributed by atoms with van der Waals surface area (Å²) >= 11 is 2.57. The molecule has 0 aromatic carbocycles. The van der Waals surface area contributed by atoms with Gasteiger partial charge in [-0.15, -0.1) is 0 Å². The summed E-state index contributed by atoms with van der Waals surface area (Å²) in [5.41, 5.74) is 0.972. The van der Waals surface area contributed by atoms with Crippen LogP contribution in [0.3, 0.4) is 0 Å². The molecular weight excluding hydrogens is 235 g/mol. The highest BCUT2D eigenvalue weighted by Gasteiger charge is 2.77. The van der Waals surface area contributed by atoms with Gasteiger partial charge in [-0.05, 0) is 42.4 Å². The zero-order valence-electron chi connectivity index (χ0n) is 6.15. The molecule has 3 rings (SSSR count). The van der Waals surface area contributed by atoms with Crippen LogP contribution in [-0.2, 0) is 0 Å². The first-order valence-electron chi connectivity index (χ1n) is 4.45. The molecule has 10 heavy (non-hydrogen) atoms. The normalized spacial score (nSPS) is 62.7. The van der Waals surface area contributed by atoms with E-state index in [0.717, 1.165) is 11.3 Å². The van der Waals surface area contributed by atoms with Gasteiger partial charge >= 0.3 is 0 Å². The van der Waals surface area contributed by atoms with Crippen molar-refractivity contribution in [3.63, 3.8) is 0 Å². The van der Waals surface area contributed by atoms with Crippen molar-refractivity contribution in [2.45, 2.75) is 25.7 Å². The Kier molecular flexibility index (Phi) is 1.08. The molecule has 0 N–H and O–H groups in total. The van der Waals surface area contributed by atoms with E-state index in [1.54, 1.807) is 25.7 Å². The maximum atomic E-state index is 2.57. The van der Waals surface area contributed by atoms with Crippen molar-refractivity contribution < 1.29 is 0 Å². The Morgan fingerprint density at radius 1 is 1.30 bits per heavy atom. The van der Waals surface area contributed by atoms with E-state index in [1.807, 2.05) is 0 Å². The number of fused-ring (bicyclic) bond motifs is 3. The lowest BCUT2D eigenvalue weighted by Crippen LogP contribution is -1.90. The molecule has 1 spiro atoms. The van der Waals surface area contributed by atoms with E-state index in [2.05, 4.69) is 22.6 Å². The summed E-state index contributed by atoms with van der Waals surface area (Å²) in [7, 11) is 0. The summed E-state index contributed by atoms with van der Waals surface area (Å²) in [4.78, 5) is 0. The van der Waals surface area contributed by atoms with Crippen molar-refractivity contribution in [3.8, 4) is 0 Å².